The largest absolute Gasteiger partial charge is 0.468 e. The minimum Gasteiger partial charge on any atom is -0.468 e. The van der Waals surface area contributed by atoms with E-state index in [2.05, 4.69) is 0 Å². The van der Waals surface area contributed by atoms with Gasteiger partial charge in [-0.25, -0.2) is 0 Å². The molecule has 1 saturated carbocycles. The second kappa shape index (κ2) is 7.16. The highest BCUT2D eigenvalue weighted by Gasteiger charge is 2.41. The number of nitrogens with two attached hydrogens (primary N) is 1. The second-order valence-corrected chi connectivity index (χ2v) is 4.31. The average molecular weight is 268 g/mol. The Hall–Kier alpha value is -0.360. The first-order chi connectivity index (χ1) is 7.51. The maximum atomic E-state index is 11.6. The highest BCUT2D eigenvalue weighted by atomic mass is 35.5. The molecule has 1 aliphatic rings. The molecule has 0 amide bonds. The summed E-state index contributed by atoms with van der Waals surface area (Å²) < 4.78 is 15.4. The Balaban J connectivity index is 0.00000256. The number of hydrogen-bond acceptors (Lipinski definition) is 5. The van der Waals surface area contributed by atoms with E-state index in [4.69, 9.17) is 19.9 Å². The topological polar surface area (TPSA) is 70.8 Å². The maximum absolute atomic E-state index is 11.6. The fraction of sp³-hybridized carbons (Fsp3) is 0.909. The minimum absolute atomic E-state index is 0. The summed E-state index contributed by atoms with van der Waals surface area (Å²) in [5.41, 5.74) is 5.13. The fourth-order valence-electron chi connectivity index (χ4n) is 2.09. The number of ether oxygens (including phenoxy) is 3. The van der Waals surface area contributed by atoms with Crippen LogP contribution in [0.3, 0.4) is 0 Å². The third-order valence-electron chi connectivity index (χ3n) is 3.05. The van der Waals surface area contributed by atoms with Crippen LogP contribution in [0.2, 0.25) is 0 Å². The third kappa shape index (κ3) is 4.43. The van der Waals surface area contributed by atoms with Crippen LogP contribution in [0, 0.1) is 0 Å². The van der Waals surface area contributed by atoms with Crippen LogP contribution in [0.5, 0.6) is 0 Å². The molecule has 0 aromatic carbocycles. The zero-order valence-electron chi connectivity index (χ0n) is 10.6. The summed E-state index contributed by atoms with van der Waals surface area (Å²) in [6, 6.07) is 0. The van der Waals surface area contributed by atoms with Gasteiger partial charge in [0.25, 0.3) is 0 Å². The third-order valence-corrected chi connectivity index (χ3v) is 3.05. The average Bonchev–Trinajstić information content (AvgIpc) is 2.27. The Bertz CT molecular complexity index is 252. The fourth-order valence-corrected chi connectivity index (χ4v) is 2.09. The van der Waals surface area contributed by atoms with E-state index >= 15 is 0 Å². The van der Waals surface area contributed by atoms with E-state index in [0.717, 1.165) is 12.8 Å². The molecular weight excluding hydrogens is 246 g/mol. The zero-order valence-corrected chi connectivity index (χ0v) is 11.4. The van der Waals surface area contributed by atoms with Crippen molar-refractivity contribution in [1.82, 2.24) is 0 Å². The first-order valence-electron chi connectivity index (χ1n) is 5.57. The Morgan fingerprint density at radius 3 is 2.65 bits per heavy atom. The normalized spacial score (nSPS) is 30.2. The molecule has 0 bridgehead atoms. The van der Waals surface area contributed by atoms with Gasteiger partial charge in [-0.1, -0.05) is 0 Å². The molecule has 1 rings (SSSR count). The van der Waals surface area contributed by atoms with Crippen molar-refractivity contribution in [3.63, 3.8) is 0 Å². The van der Waals surface area contributed by atoms with E-state index in [-0.39, 0.29) is 30.8 Å². The molecule has 1 aliphatic carbocycles. The smallest absolute Gasteiger partial charge is 0.325 e. The maximum Gasteiger partial charge on any atom is 0.325 e. The lowest BCUT2D eigenvalue weighted by Crippen LogP contribution is -2.53. The van der Waals surface area contributed by atoms with Gasteiger partial charge in [0.05, 0.1) is 13.2 Å². The summed E-state index contributed by atoms with van der Waals surface area (Å²) >= 11 is 0. The zero-order chi connectivity index (χ0) is 12.2. The number of carbonyl (C=O) groups is 1. The van der Waals surface area contributed by atoms with Gasteiger partial charge in [0.2, 0.25) is 0 Å². The molecule has 1 fully saturated rings. The number of rotatable bonds is 4. The lowest BCUT2D eigenvalue weighted by Gasteiger charge is -2.36. The summed E-state index contributed by atoms with van der Waals surface area (Å²) in [6.45, 7) is 1.82. The van der Waals surface area contributed by atoms with Gasteiger partial charge in [-0.2, -0.15) is 0 Å². The van der Waals surface area contributed by atoms with Gasteiger partial charge in [0.1, 0.15) is 5.54 Å². The molecule has 17 heavy (non-hydrogen) atoms. The highest BCUT2D eigenvalue weighted by molar-refractivity contribution is 5.85. The van der Waals surface area contributed by atoms with Crippen LogP contribution in [0.4, 0.5) is 0 Å². The summed E-state index contributed by atoms with van der Waals surface area (Å²) in [5.74, 6) is -0.356. The lowest BCUT2D eigenvalue weighted by molar-refractivity contribution is -0.167. The van der Waals surface area contributed by atoms with Crippen LogP contribution in [0.25, 0.3) is 0 Å². The summed E-state index contributed by atoms with van der Waals surface area (Å²) in [7, 11) is 2.95. The molecule has 0 aromatic rings. The van der Waals surface area contributed by atoms with Crippen molar-refractivity contribution >= 4 is 18.4 Å². The SMILES string of the molecule is COC(=O)[C@]1(N)CCC[C@@H](OC(C)OC)C1.Cl. The molecule has 0 heterocycles. The minimum atomic E-state index is -0.898. The first kappa shape index (κ1) is 16.6. The first-order valence-corrected chi connectivity index (χ1v) is 5.57. The quantitative estimate of drug-likeness (QED) is 0.613. The van der Waals surface area contributed by atoms with Crippen molar-refractivity contribution in [2.45, 2.75) is 50.5 Å². The molecule has 0 aliphatic heterocycles. The molecule has 102 valence electrons. The van der Waals surface area contributed by atoms with E-state index in [1.165, 1.54) is 7.11 Å². The van der Waals surface area contributed by atoms with Crippen LogP contribution in [0.15, 0.2) is 0 Å². The number of halogens is 1. The predicted octanol–water partition coefficient (Wildman–Crippen LogP) is 1.23. The van der Waals surface area contributed by atoms with Crippen molar-refractivity contribution in [1.29, 1.82) is 0 Å². The predicted molar refractivity (Wildman–Crippen MR) is 66.0 cm³/mol. The summed E-state index contributed by atoms with van der Waals surface area (Å²) in [5, 5.41) is 0. The molecule has 3 atom stereocenters. The molecule has 2 N–H and O–H groups in total. The van der Waals surface area contributed by atoms with Crippen molar-refractivity contribution in [2.75, 3.05) is 14.2 Å². The second-order valence-electron chi connectivity index (χ2n) is 4.31. The van der Waals surface area contributed by atoms with Crippen LogP contribution in [0.1, 0.15) is 32.6 Å². The van der Waals surface area contributed by atoms with Crippen LogP contribution in [-0.4, -0.2) is 38.1 Å². The number of esters is 1. The molecule has 5 nitrogen and oxygen atoms in total. The van der Waals surface area contributed by atoms with Gasteiger partial charge in [-0.15, -0.1) is 12.4 Å². The number of hydrogen-bond donors (Lipinski definition) is 1. The molecule has 0 radical (unpaired) electrons. The van der Waals surface area contributed by atoms with Crippen molar-refractivity contribution < 1.29 is 19.0 Å². The number of carbonyl (C=O) groups excluding carboxylic acids is 1. The van der Waals surface area contributed by atoms with E-state index < -0.39 is 5.54 Å². The van der Waals surface area contributed by atoms with Crippen LogP contribution >= 0.6 is 12.4 Å². The van der Waals surface area contributed by atoms with Gasteiger partial charge in [0.15, 0.2) is 6.29 Å². The molecule has 0 spiro atoms. The van der Waals surface area contributed by atoms with Gasteiger partial charge >= 0.3 is 5.97 Å². The standard InChI is InChI=1S/C11H21NO4.ClH/c1-8(14-2)16-9-5-4-6-11(12,7-9)10(13)15-3;/h8-9H,4-7,12H2,1-3H3;1H/t8?,9-,11+;/m1./s1. The Morgan fingerprint density at radius 1 is 1.47 bits per heavy atom. The van der Waals surface area contributed by atoms with Crippen molar-refractivity contribution in [3.05, 3.63) is 0 Å². The van der Waals surface area contributed by atoms with Gasteiger partial charge in [-0.3, -0.25) is 4.79 Å². The molecule has 0 saturated heterocycles. The van der Waals surface area contributed by atoms with E-state index in [1.807, 2.05) is 6.92 Å². The molecule has 1 unspecified atom stereocenters. The monoisotopic (exact) mass is 267 g/mol. The van der Waals surface area contributed by atoms with E-state index in [1.54, 1.807) is 7.11 Å². The Kier molecular flexibility index (Phi) is 7.01. The van der Waals surface area contributed by atoms with E-state index in [0.29, 0.717) is 12.8 Å². The molecule has 0 aromatic heterocycles. The van der Waals surface area contributed by atoms with Gasteiger partial charge in [0, 0.05) is 13.5 Å². The van der Waals surface area contributed by atoms with E-state index in [9.17, 15) is 4.79 Å². The van der Waals surface area contributed by atoms with Crippen LogP contribution < -0.4 is 5.73 Å². The summed E-state index contributed by atoms with van der Waals surface area (Å²) in [4.78, 5) is 11.6. The van der Waals surface area contributed by atoms with Gasteiger partial charge < -0.3 is 19.9 Å². The van der Waals surface area contributed by atoms with Crippen molar-refractivity contribution in [3.8, 4) is 0 Å². The van der Waals surface area contributed by atoms with Gasteiger partial charge in [-0.05, 0) is 26.2 Å². The molecular formula is C11H22ClNO4. The molecule has 6 heteroatoms. The van der Waals surface area contributed by atoms with Crippen molar-refractivity contribution in [2.24, 2.45) is 5.73 Å². The van der Waals surface area contributed by atoms with Crippen LogP contribution in [-0.2, 0) is 19.0 Å². The highest BCUT2D eigenvalue weighted by Crippen LogP contribution is 2.29. The number of methoxy groups -OCH3 is 2. The lowest BCUT2D eigenvalue weighted by atomic mass is 9.81. The Morgan fingerprint density at radius 2 is 2.12 bits per heavy atom. The Labute approximate surface area is 108 Å². The summed E-state index contributed by atoms with van der Waals surface area (Å²) in [6.07, 6.45) is 2.61.